The van der Waals surface area contributed by atoms with Gasteiger partial charge in [-0.3, -0.25) is 19.4 Å². The van der Waals surface area contributed by atoms with Crippen molar-refractivity contribution < 1.29 is 17.8 Å². The summed E-state index contributed by atoms with van der Waals surface area (Å²) in [6.07, 6.45) is 0. The van der Waals surface area contributed by atoms with E-state index < -0.39 is 20.7 Å². The molecule has 9 nitrogen and oxygen atoms in total. The number of aromatic nitrogens is 1. The second kappa shape index (κ2) is 6.71. The number of nitro benzene ring substituents is 1. The lowest BCUT2D eigenvalue weighted by Gasteiger charge is -2.11. The predicted octanol–water partition coefficient (Wildman–Crippen LogP) is 3.29. The highest BCUT2D eigenvalue weighted by molar-refractivity contribution is 7.92. The summed E-state index contributed by atoms with van der Waals surface area (Å²) in [6.45, 7) is 3.62. The fraction of sp³-hybridized carbons (Fsp3) is 0.188. The summed E-state index contributed by atoms with van der Waals surface area (Å²) in [6, 6.07) is 6.26. The number of fused-ring (bicyclic) bond motifs is 1. The van der Waals surface area contributed by atoms with E-state index in [1.165, 1.54) is 41.8 Å². The maximum absolute atomic E-state index is 12.7. The molecule has 11 heteroatoms. The highest BCUT2D eigenvalue weighted by Gasteiger charge is 2.23. The lowest BCUT2D eigenvalue weighted by Crippen LogP contribution is -2.14. The molecular formula is C16H14ClN3O6S. The lowest BCUT2D eigenvalue weighted by atomic mass is 10.2. The van der Waals surface area contributed by atoms with Gasteiger partial charge in [-0.05, 0) is 31.5 Å². The summed E-state index contributed by atoms with van der Waals surface area (Å²) in [5.74, 6) is -0.614. The summed E-state index contributed by atoms with van der Waals surface area (Å²) >= 11 is 6.13. The van der Waals surface area contributed by atoms with Crippen LogP contribution in [-0.2, 0) is 16.6 Å². The number of nitro groups is 1. The van der Waals surface area contributed by atoms with E-state index in [9.17, 15) is 23.3 Å². The minimum Gasteiger partial charge on any atom is -0.408 e. The molecule has 3 rings (SSSR count). The van der Waals surface area contributed by atoms with Crippen LogP contribution in [0.15, 0.2) is 44.4 Å². The molecular weight excluding hydrogens is 398 g/mol. The topological polar surface area (TPSA) is 124 Å². The van der Waals surface area contributed by atoms with Crippen molar-refractivity contribution in [2.45, 2.75) is 25.3 Å². The predicted molar refractivity (Wildman–Crippen MR) is 99.8 cm³/mol. The Balaban J connectivity index is 2.06. The zero-order valence-corrected chi connectivity index (χ0v) is 15.8. The molecule has 0 amide bonds. The summed E-state index contributed by atoms with van der Waals surface area (Å²) in [5.41, 5.74) is 0.862. The minimum atomic E-state index is -4.12. The summed E-state index contributed by atoms with van der Waals surface area (Å²) in [7, 11) is -4.12. The molecule has 2 aromatic carbocycles. The first-order chi connectivity index (χ1) is 12.6. The number of hydrogen-bond acceptors (Lipinski definition) is 6. The van der Waals surface area contributed by atoms with E-state index in [0.717, 1.165) is 0 Å². The van der Waals surface area contributed by atoms with Crippen molar-refractivity contribution in [3.63, 3.8) is 0 Å². The third kappa shape index (κ3) is 3.40. The van der Waals surface area contributed by atoms with Gasteiger partial charge in [0.25, 0.3) is 15.7 Å². The largest absolute Gasteiger partial charge is 0.419 e. The Bertz CT molecular complexity index is 1230. The Hall–Kier alpha value is -2.85. The maximum Gasteiger partial charge on any atom is 0.419 e. The summed E-state index contributed by atoms with van der Waals surface area (Å²) < 4.78 is 34.2. The molecule has 0 saturated heterocycles. The number of oxazole rings is 1. The van der Waals surface area contributed by atoms with E-state index in [1.807, 2.05) is 0 Å². The lowest BCUT2D eigenvalue weighted by molar-refractivity contribution is -0.384. The van der Waals surface area contributed by atoms with Crippen molar-refractivity contribution in [2.75, 3.05) is 4.72 Å². The van der Waals surface area contributed by atoms with Crippen LogP contribution in [0.4, 0.5) is 11.4 Å². The Morgan fingerprint density at radius 2 is 2.00 bits per heavy atom. The normalized spacial score (nSPS) is 11.7. The first-order valence-electron chi connectivity index (χ1n) is 7.74. The number of nitrogens with one attached hydrogen (secondary N) is 1. The second-order valence-electron chi connectivity index (χ2n) is 5.72. The first-order valence-corrected chi connectivity index (χ1v) is 9.61. The molecule has 0 saturated carbocycles. The van der Waals surface area contributed by atoms with Crippen LogP contribution < -0.4 is 10.5 Å². The molecule has 0 radical (unpaired) electrons. The molecule has 0 aliphatic heterocycles. The Morgan fingerprint density at radius 1 is 1.30 bits per heavy atom. The van der Waals surface area contributed by atoms with Crippen molar-refractivity contribution >= 4 is 44.1 Å². The molecule has 1 N–H and O–H groups in total. The van der Waals surface area contributed by atoms with E-state index in [4.69, 9.17) is 16.0 Å². The average molecular weight is 412 g/mol. The van der Waals surface area contributed by atoms with Gasteiger partial charge < -0.3 is 4.42 Å². The van der Waals surface area contributed by atoms with Crippen molar-refractivity contribution in [2.24, 2.45) is 0 Å². The van der Waals surface area contributed by atoms with Crippen LogP contribution in [0.25, 0.3) is 11.1 Å². The van der Waals surface area contributed by atoms with Crippen molar-refractivity contribution in [3.05, 3.63) is 61.6 Å². The van der Waals surface area contributed by atoms with Gasteiger partial charge in [-0.2, -0.15) is 0 Å². The number of aryl methyl sites for hydroxylation is 2. The third-order valence-corrected chi connectivity index (χ3v) is 5.82. The third-order valence-electron chi connectivity index (χ3n) is 3.99. The van der Waals surface area contributed by atoms with Gasteiger partial charge in [0.05, 0.1) is 21.2 Å². The fourth-order valence-corrected chi connectivity index (χ4v) is 4.31. The molecule has 1 aromatic heterocycles. The Kier molecular flexibility index (Phi) is 4.70. The summed E-state index contributed by atoms with van der Waals surface area (Å²) in [4.78, 5) is 21.8. The van der Waals surface area contributed by atoms with E-state index in [0.29, 0.717) is 17.6 Å². The maximum atomic E-state index is 12.7. The number of nitrogens with zero attached hydrogens (tertiary/aromatic N) is 2. The standard InChI is InChI=1S/C16H14ClN3O6S/c1-3-19-13-7-11(17)15(8-14(13)26-16(19)21)27(24,25)18-12-5-4-10(20(22)23)6-9(12)2/h4-8,18H,3H2,1-2H3. The number of rotatable bonds is 5. The minimum absolute atomic E-state index is 0.0856. The SMILES string of the molecule is CCn1c(=O)oc2cc(S(=O)(=O)Nc3ccc([N+](=O)[O-])cc3C)c(Cl)cc21. The van der Waals surface area contributed by atoms with Gasteiger partial charge in [-0.15, -0.1) is 0 Å². The van der Waals surface area contributed by atoms with Crippen LogP contribution in [0.2, 0.25) is 5.02 Å². The van der Waals surface area contributed by atoms with Gasteiger partial charge in [0.2, 0.25) is 0 Å². The second-order valence-corrected chi connectivity index (χ2v) is 7.78. The van der Waals surface area contributed by atoms with Gasteiger partial charge in [0, 0.05) is 24.7 Å². The van der Waals surface area contributed by atoms with Crippen LogP contribution in [-0.4, -0.2) is 17.9 Å². The molecule has 0 unspecified atom stereocenters. The molecule has 0 aliphatic rings. The quantitative estimate of drug-likeness (QED) is 0.507. The molecule has 0 atom stereocenters. The molecule has 0 spiro atoms. The van der Waals surface area contributed by atoms with Gasteiger partial charge in [0.15, 0.2) is 5.58 Å². The van der Waals surface area contributed by atoms with Crippen molar-refractivity contribution in [1.82, 2.24) is 4.57 Å². The van der Waals surface area contributed by atoms with E-state index in [-0.39, 0.29) is 26.9 Å². The first kappa shape index (κ1) is 18.9. The zero-order chi connectivity index (χ0) is 19.9. The van der Waals surface area contributed by atoms with Gasteiger partial charge in [0.1, 0.15) is 4.90 Å². The molecule has 0 bridgehead atoms. The number of halogens is 1. The molecule has 0 aliphatic carbocycles. The highest BCUT2D eigenvalue weighted by Crippen LogP contribution is 2.30. The van der Waals surface area contributed by atoms with Crippen LogP contribution in [0, 0.1) is 17.0 Å². The van der Waals surface area contributed by atoms with Gasteiger partial charge >= 0.3 is 5.76 Å². The summed E-state index contributed by atoms with van der Waals surface area (Å²) in [5, 5.41) is 10.7. The van der Waals surface area contributed by atoms with Crippen molar-refractivity contribution in [3.8, 4) is 0 Å². The number of non-ortho nitro benzene ring substituents is 1. The number of anilines is 1. The zero-order valence-electron chi connectivity index (χ0n) is 14.2. The Labute approximate surface area is 158 Å². The highest BCUT2D eigenvalue weighted by atomic mass is 35.5. The molecule has 1 heterocycles. The smallest absolute Gasteiger partial charge is 0.408 e. The Morgan fingerprint density at radius 3 is 2.59 bits per heavy atom. The number of sulfonamides is 1. The van der Waals surface area contributed by atoms with E-state index in [2.05, 4.69) is 4.72 Å². The van der Waals surface area contributed by atoms with Crippen molar-refractivity contribution in [1.29, 1.82) is 0 Å². The number of hydrogen-bond donors (Lipinski definition) is 1. The average Bonchev–Trinajstić information content (AvgIpc) is 2.89. The molecule has 0 fully saturated rings. The fourth-order valence-electron chi connectivity index (χ4n) is 2.65. The molecule has 3 aromatic rings. The van der Waals surface area contributed by atoms with E-state index >= 15 is 0 Å². The van der Waals surface area contributed by atoms with Crippen LogP contribution in [0.3, 0.4) is 0 Å². The number of benzene rings is 2. The van der Waals surface area contributed by atoms with Crippen LogP contribution in [0.5, 0.6) is 0 Å². The molecule has 27 heavy (non-hydrogen) atoms. The van der Waals surface area contributed by atoms with Gasteiger partial charge in [-0.25, -0.2) is 13.2 Å². The van der Waals surface area contributed by atoms with Crippen LogP contribution in [0.1, 0.15) is 12.5 Å². The monoisotopic (exact) mass is 411 g/mol. The van der Waals surface area contributed by atoms with Gasteiger partial charge in [-0.1, -0.05) is 11.6 Å². The van der Waals surface area contributed by atoms with Crippen LogP contribution >= 0.6 is 11.6 Å². The van der Waals surface area contributed by atoms with E-state index in [1.54, 1.807) is 6.92 Å². The molecule has 142 valence electrons.